The fraction of sp³-hybridized carbons (Fsp3) is 0.833. The Labute approximate surface area is 88.1 Å². The number of hydrogen-bond acceptors (Lipinski definition) is 6. The second kappa shape index (κ2) is 5.03. The molecule has 8 nitrogen and oxygen atoms in total. The fourth-order valence-corrected chi connectivity index (χ4v) is 1.77. The van der Waals surface area contributed by atoms with Crippen LogP contribution in [0.1, 0.15) is 6.92 Å². The van der Waals surface area contributed by atoms with Crippen molar-refractivity contribution in [2.24, 2.45) is 7.05 Å². The lowest BCUT2D eigenvalue weighted by Crippen LogP contribution is -2.26. The SMILES string of the molecule is CCNCCS(=O)(=O)Nc1nnn(C)n1. The Morgan fingerprint density at radius 3 is 2.73 bits per heavy atom. The summed E-state index contributed by atoms with van der Waals surface area (Å²) in [4.78, 5) is 1.18. The van der Waals surface area contributed by atoms with Gasteiger partial charge in [0.05, 0.1) is 12.8 Å². The van der Waals surface area contributed by atoms with Crippen molar-refractivity contribution in [3.8, 4) is 0 Å². The number of sulfonamides is 1. The van der Waals surface area contributed by atoms with Crippen molar-refractivity contribution in [2.75, 3.05) is 23.6 Å². The van der Waals surface area contributed by atoms with Gasteiger partial charge < -0.3 is 5.32 Å². The number of hydrogen-bond donors (Lipinski definition) is 2. The normalized spacial score (nSPS) is 11.6. The van der Waals surface area contributed by atoms with Gasteiger partial charge in [0.2, 0.25) is 10.0 Å². The van der Waals surface area contributed by atoms with Gasteiger partial charge in [-0.3, -0.25) is 0 Å². The van der Waals surface area contributed by atoms with E-state index in [0.29, 0.717) is 6.54 Å². The zero-order valence-electron chi connectivity index (χ0n) is 8.63. The summed E-state index contributed by atoms with van der Waals surface area (Å²) in [7, 11) is -1.83. The highest BCUT2D eigenvalue weighted by molar-refractivity contribution is 7.92. The van der Waals surface area contributed by atoms with Gasteiger partial charge in [-0.25, -0.2) is 13.1 Å². The van der Waals surface area contributed by atoms with Crippen molar-refractivity contribution in [1.82, 2.24) is 25.5 Å². The molecule has 0 saturated heterocycles. The minimum absolute atomic E-state index is 0.00556. The molecule has 1 aromatic rings. The van der Waals surface area contributed by atoms with Crippen LogP contribution < -0.4 is 10.0 Å². The number of tetrazole rings is 1. The van der Waals surface area contributed by atoms with Crippen LogP contribution in [0.25, 0.3) is 0 Å². The molecule has 86 valence electrons. The Morgan fingerprint density at radius 1 is 1.47 bits per heavy atom. The molecule has 2 N–H and O–H groups in total. The molecule has 0 amide bonds. The smallest absolute Gasteiger partial charge is 0.276 e. The summed E-state index contributed by atoms with van der Waals surface area (Å²) in [6, 6.07) is 0. The number of aromatic nitrogens is 4. The first-order chi connectivity index (χ1) is 7.03. The van der Waals surface area contributed by atoms with E-state index in [2.05, 4.69) is 25.4 Å². The predicted octanol–water partition coefficient (Wildman–Crippen LogP) is -1.44. The Bertz CT molecular complexity index is 400. The van der Waals surface area contributed by atoms with Gasteiger partial charge in [0.1, 0.15) is 0 Å². The summed E-state index contributed by atoms with van der Waals surface area (Å²) in [6.07, 6.45) is 0. The molecule has 0 radical (unpaired) electrons. The van der Waals surface area contributed by atoms with Crippen molar-refractivity contribution >= 4 is 16.0 Å². The third-order valence-corrected chi connectivity index (χ3v) is 2.79. The lowest BCUT2D eigenvalue weighted by molar-refractivity contribution is 0.596. The van der Waals surface area contributed by atoms with Gasteiger partial charge in [0.25, 0.3) is 5.95 Å². The standard InChI is InChI=1S/C6H14N6O2S/c1-3-7-4-5-15(13,14)10-6-8-11-12(2)9-6/h7H,3-5H2,1-2H3,(H,9,10). The Kier molecular flexibility index (Phi) is 3.97. The minimum atomic E-state index is -3.38. The summed E-state index contributed by atoms with van der Waals surface area (Å²) in [5.41, 5.74) is 0. The highest BCUT2D eigenvalue weighted by atomic mass is 32.2. The molecule has 1 rings (SSSR count). The molecule has 0 spiro atoms. The van der Waals surface area contributed by atoms with Gasteiger partial charge in [-0.1, -0.05) is 12.0 Å². The molecule has 0 aliphatic carbocycles. The van der Waals surface area contributed by atoms with Crippen LogP contribution in [-0.2, 0) is 17.1 Å². The number of nitrogens with zero attached hydrogens (tertiary/aromatic N) is 4. The molecule has 9 heteroatoms. The average Bonchev–Trinajstić information content (AvgIpc) is 2.50. The molecule has 0 unspecified atom stereocenters. The summed E-state index contributed by atoms with van der Waals surface area (Å²) in [5.74, 6) is -0.0203. The number of nitrogens with one attached hydrogen (secondary N) is 2. The van der Waals surface area contributed by atoms with Gasteiger partial charge >= 0.3 is 0 Å². The summed E-state index contributed by atoms with van der Waals surface area (Å²) < 4.78 is 25.1. The van der Waals surface area contributed by atoms with Crippen LogP contribution in [0, 0.1) is 0 Å². The maximum Gasteiger partial charge on any atom is 0.276 e. The average molecular weight is 234 g/mol. The van der Waals surface area contributed by atoms with Crippen LogP contribution in [-0.4, -0.2) is 47.5 Å². The highest BCUT2D eigenvalue weighted by Crippen LogP contribution is 1.97. The van der Waals surface area contributed by atoms with E-state index in [4.69, 9.17) is 0 Å². The van der Waals surface area contributed by atoms with Gasteiger partial charge in [-0.15, -0.1) is 5.10 Å². The van der Waals surface area contributed by atoms with E-state index in [9.17, 15) is 8.42 Å². The highest BCUT2D eigenvalue weighted by Gasteiger charge is 2.12. The number of aryl methyl sites for hydroxylation is 1. The minimum Gasteiger partial charge on any atom is -0.316 e. The quantitative estimate of drug-likeness (QED) is 0.585. The second-order valence-corrected chi connectivity index (χ2v) is 4.72. The maximum absolute atomic E-state index is 11.4. The van der Waals surface area contributed by atoms with E-state index in [1.54, 1.807) is 7.05 Å². The molecule has 1 heterocycles. The molecule has 0 aliphatic heterocycles. The molecule has 0 fully saturated rings. The lowest BCUT2D eigenvalue weighted by Gasteiger charge is -2.03. The van der Waals surface area contributed by atoms with E-state index in [-0.39, 0.29) is 11.7 Å². The van der Waals surface area contributed by atoms with Crippen LogP contribution in [0.2, 0.25) is 0 Å². The van der Waals surface area contributed by atoms with Gasteiger partial charge in [0, 0.05) is 6.54 Å². The van der Waals surface area contributed by atoms with Crippen molar-refractivity contribution in [1.29, 1.82) is 0 Å². The third-order valence-electron chi connectivity index (χ3n) is 1.55. The Hall–Kier alpha value is -1.22. The number of rotatable bonds is 6. The van der Waals surface area contributed by atoms with Crippen LogP contribution in [0.5, 0.6) is 0 Å². The fourth-order valence-electron chi connectivity index (χ4n) is 0.898. The molecule has 0 saturated carbocycles. The molecular formula is C6H14N6O2S. The molecular weight excluding hydrogens is 220 g/mol. The largest absolute Gasteiger partial charge is 0.316 e. The van der Waals surface area contributed by atoms with E-state index in [1.165, 1.54) is 4.80 Å². The van der Waals surface area contributed by atoms with Gasteiger partial charge in [0.15, 0.2) is 0 Å². The van der Waals surface area contributed by atoms with Crippen molar-refractivity contribution in [3.63, 3.8) is 0 Å². The zero-order chi connectivity index (χ0) is 11.3. The van der Waals surface area contributed by atoms with Crippen LogP contribution >= 0.6 is 0 Å². The topological polar surface area (TPSA) is 102 Å². The first-order valence-corrected chi connectivity index (χ1v) is 6.14. The molecule has 0 atom stereocenters. The number of anilines is 1. The van der Waals surface area contributed by atoms with Gasteiger partial charge in [-0.2, -0.15) is 4.80 Å². The summed E-state index contributed by atoms with van der Waals surface area (Å²) in [5, 5.41) is 13.7. The first-order valence-electron chi connectivity index (χ1n) is 4.48. The Morgan fingerprint density at radius 2 is 2.20 bits per heavy atom. The predicted molar refractivity (Wildman–Crippen MR) is 54.8 cm³/mol. The monoisotopic (exact) mass is 234 g/mol. The second-order valence-electron chi connectivity index (χ2n) is 2.88. The van der Waals surface area contributed by atoms with Crippen molar-refractivity contribution in [2.45, 2.75) is 6.92 Å². The molecule has 0 aromatic carbocycles. The van der Waals surface area contributed by atoms with E-state index < -0.39 is 10.0 Å². The Balaban J connectivity index is 2.49. The van der Waals surface area contributed by atoms with Crippen LogP contribution in [0.4, 0.5) is 5.95 Å². The maximum atomic E-state index is 11.4. The lowest BCUT2D eigenvalue weighted by atomic mass is 10.7. The first kappa shape index (κ1) is 11.9. The summed E-state index contributed by atoms with van der Waals surface area (Å²) >= 11 is 0. The summed E-state index contributed by atoms with van der Waals surface area (Å²) in [6.45, 7) is 3.04. The van der Waals surface area contributed by atoms with Crippen molar-refractivity contribution in [3.05, 3.63) is 0 Å². The van der Waals surface area contributed by atoms with E-state index >= 15 is 0 Å². The molecule has 15 heavy (non-hydrogen) atoms. The van der Waals surface area contributed by atoms with Crippen molar-refractivity contribution < 1.29 is 8.42 Å². The van der Waals surface area contributed by atoms with Crippen LogP contribution in [0.15, 0.2) is 0 Å². The molecule has 1 aromatic heterocycles. The van der Waals surface area contributed by atoms with E-state index in [0.717, 1.165) is 6.54 Å². The zero-order valence-corrected chi connectivity index (χ0v) is 9.45. The van der Waals surface area contributed by atoms with Gasteiger partial charge in [-0.05, 0) is 11.8 Å². The molecule has 0 aliphatic rings. The third kappa shape index (κ3) is 4.21. The molecule has 0 bridgehead atoms. The van der Waals surface area contributed by atoms with E-state index in [1.807, 2.05) is 6.92 Å². The van der Waals surface area contributed by atoms with Crippen LogP contribution in [0.3, 0.4) is 0 Å².